The molecule has 0 aliphatic rings. The zero-order valence-corrected chi connectivity index (χ0v) is 15.9. The first-order valence-electron chi connectivity index (χ1n) is 7.84. The Hall–Kier alpha value is -2.40. The third-order valence-electron chi connectivity index (χ3n) is 3.57. The number of hydrogen-bond donors (Lipinski definition) is 2. The van der Waals surface area contributed by atoms with Crippen molar-refractivity contribution in [1.29, 1.82) is 0 Å². The number of nitrogens with one attached hydrogen (secondary N) is 1. The number of ether oxygens (including phenoxy) is 1. The lowest BCUT2D eigenvalue weighted by Gasteiger charge is -2.25. The molecule has 0 bridgehead atoms. The molecule has 0 radical (unpaired) electrons. The fraction of sp³-hybridized carbons (Fsp3) is 0.533. The number of sulfonamides is 1. The fourth-order valence-corrected chi connectivity index (χ4v) is 3.87. The zero-order valence-electron chi connectivity index (χ0n) is 15.1. The molecule has 0 saturated carbocycles. The lowest BCUT2D eigenvalue weighted by Crippen LogP contribution is -2.46. The van der Waals surface area contributed by atoms with Gasteiger partial charge in [-0.2, -0.15) is 4.31 Å². The summed E-state index contributed by atoms with van der Waals surface area (Å²) < 4.78 is 32.7. The molecule has 0 spiro atoms. The number of carbonyl (C=O) groups is 3. The molecule has 0 fully saturated rings. The van der Waals surface area contributed by atoms with E-state index in [-0.39, 0.29) is 36.2 Å². The van der Waals surface area contributed by atoms with Crippen LogP contribution in [0.25, 0.3) is 0 Å². The van der Waals surface area contributed by atoms with Crippen LogP contribution in [-0.2, 0) is 31.4 Å². The van der Waals surface area contributed by atoms with E-state index in [0.717, 1.165) is 10.4 Å². The Labute approximate surface area is 151 Å². The van der Waals surface area contributed by atoms with Crippen LogP contribution in [-0.4, -0.2) is 66.0 Å². The van der Waals surface area contributed by atoms with Gasteiger partial charge in [-0.15, -0.1) is 0 Å². The lowest BCUT2D eigenvalue weighted by atomic mass is 10.3. The number of nitrogens with zero attached hydrogens (tertiary/aromatic N) is 2. The largest absolute Gasteiger partial charge is 0.480 e. The molecule has 0 aliphatic carbocycles. The third-order valence-corrected chi connectivity index (χ3v) is 5.50. The average molecular weight is 389 g/mol. The molecule has 1 unspecified atom stereocenters. The van der Waals surface area contributed by atoms with Gasteiger partial charge in [-0.1, -0.05) is 0 Å². The Morgan fingerprint density at radius 2 is 2.00 bits per heavy atom. The molecule has 11 heteroatoms. The van der Waals surface area contributed by atoms with Gasteiger partial charge in [0.25, 0.3) is 0 Å². The molecule has 1 atom stereocenters. The van der Waals surface area contributed by atoms with Crippen molar-refractivity contribution in [3.05, 3.63) is 18.0 Å². The van der Waals surface area contributed by atoms with Crippen molar-refractivity contribution in [2.75, 3.05) is 19.7 Å². The monoisotopic (exact) mass is 389 g/mol. The van der Waals surface area contributed by atoms with E-state index in [1.807, 2.05) is 0 Å². The summed E-state index contributed by atoms with van der Waals surface area (Å²) in [4.78, 5) is 33.9. The van der Waals surface area contributed by atoms with Crippen molar-refractivity contribution in [2.24, 2.45) is 7.05 Å². The summed E-state index contributed by atoms with van der Waals surface area (Å²) in [5.74, 6) is -2.39. The fourth-order valence-electron chi connectivity index (χ4n) is 2.21. The minimum absolute atomic E-state index is 0.0233. The summed E-state index contributed by atoms with van der Waals surface area (Å²) in [6.07, 6.45) is 1.21. The Kier molecular flexibility index (Phi) is 7.33. The van der Waals surface area contributed by atoms with Crippen molar-refractivity contribution < 1.29 is 32.6 Å². The summed E-state index contributed by atoms with van der Waals surface area (Å²) >= 11 is 0. The first-order valence-corrected chi connectivity index (χ1v) is 9.29. The van der Waals surface area contributed by atoms with E-state index in [1.165, 1.54) is 31.7 Å². The number of hydrogen-bond acceptors (Lipinski definition) is 6. The highest BCUT2D eigenvalue weighted by Gasteiger charge is 2.34. The summed E-state index contributed by atoms with van der Waals surface area (Å²) in [5, 5.41) is 11.6. The van der Waals surface area contributed by atoms with Gasteiger partial charge in [0.2, 0.25) is 15.9 Å². The van der Waals surface area contributed by atoms with Gasteiger partial charge in [0.1, 0.15) is 16.6 Å². The van der Waals surface area contributed by atoms with Gasteiger partial charge in [-0.25, -0.2) is 13.2 Å². The molecule has 0 aromatic carbocycles. The quantitative estimate of drug-likeness (QED) is 0.558. The van der Waals surface area contributed by atoms with Crippen molar-refractivity contribution in [2.45, 2.75) is 31.7 Å². The van der Waals surface area contributed by atoms with Crippen LogP contribution < -0.4 is 5.32 Å². The Bertz CT molecular complexity index is 785. The topological polar surface area (TPSA) is 135 Å². The van der Waals surface area contributed by atoms with Gasteiger partial charge < -0.3 is 19.7 Å². The van der Waals surface area contributed by atoms with Crippen LogP contribution in [0.15, 0.2) is 17.2 Å². The lowest BCUT2D eigenvalue weighted by molar-refractivity contribution is -0.140. The Morgan fingerprint density at radius 1 is 1.38 bits per heavy atom. The summed E-state index contributed by atoms with van der Waals surface area (Å²) in [7, 11) is -2.74. The molecule has 0 saturated heterocycles. The van der Waals surface area contributed by atoms with Gasteiger partial charge in [0.05, 0.1) is 6.61 Å². The van der Waals surface area contributed by atoms with E-state index in [2.05, 4.69) is 5.32 Å². The average Bonchev–Trinajstić information content (AvgIpc) is 2.93. The molecule has 2 N–H and O–H groups in total. The highest BCUT2D eigenvalue weighted by molar-refractivity contribution is 7.89. The van der Waals surface area contributed by atoms with Crippen LogP contribution in [0.4, 0.5) is 0 Å². The molecule has 10 nitrogen and oxygen atoms in total. The SMILES string of the molecule is CCOC(=O)c1cc(S(=O)(=O)N(CCNC(C)=O)C(C)C(=O)O)cn1C. The van der Waals surface area contributed by atoms with E-state index in [4.69, 9.17) is 4.74 Å². The molecular formula is C15H23N3O7S. The number of esters is 1. The summed E-state index contributed by atoms with van der Waals surface area (Å²) in [6, 6.07) is -0.229. The second-order valence-electron chi connectivity index (χ2n) is 5.51. The van der Waals surface area contributed by atoms with Crippen LogP contribution in [0, 0.1) is 0 Å². The third kappa shape index (κ3) is 5.05. The van der Waals surface area contributed by atoms with Gasteiger partial charge in [-0.3, -0.25) is 9.59 Å². The normalized spacial score (nSPS) is 12.7. The highest BCUT2D eigenvalue weighted by atomic mass is 32.2. The predicted octanol–water partition coefficient (Wildman–Crippen LogP) is -0.198. The van der Waals surface area contributed by atoms with Crippen LogP contribution in [0.1, 0.15) is 31.3 Å². The number of carboxylic acid groups (broad SMARTS) is 1. The predicted molar refractivity (Wildman–Crippen MR) is 91.0 cm³/mol. The van der Waals surface area contributed by atoms with E-state index >= 15 is 0 Å². The minimum atomic E-state index is -4.22. The van der Waals surface area contributed by atoms with Gasteiger partial charge in [0, 0.05) is 33.3 Å². The summed E-state index contributed by atoms with van der Waals surface area (Å²) in [6.45, 7) is 3.95. The smallest absolute Gasteiger partial charge is 0.354 e. The first kappa shape index (κ1) is 21.6. The second-order valence-corrected chi connectivity index (χ2v) is 7.40. The van der Waals surface area contributed by atoms with Crippen molar-refractivity contribution in [1.82, 2.24) is 14.2 Å². The molecule has 1 rings (SSSR count). The van der Waals surface area contributed by atoms with E-state index in [1.54, 1.807) is 6.92 Å². The van der Waals surface area contributed by atoms with E-state index < -0.39 is 28.0 Å². The van der Waals surface area contributed by atoms with Crippen LogP contribution >= 0.6 is 0 Å². The molecule has 1 aromatic rings. The summed E-state index contributed by atoms with van der Waals surface area (Å²) in [5.41, 5.74) is 0.0233. The molecular weight excluding hydrogens is 366 g/mol. The molecule has 1 heterocycles. The molecule has 1 amide bonds. The molecule has 26 heavy (non-hydrogen) atoms. The maximum atomic E-state index is 12.9. The first-order chi connectivity index (χ1) is 12.0. The van der Waals surface area contributed by atoms with E-state index in [0.29, 0.717) is 0 Å². The van der Waals surface area contributed by atoms with Crippen LogP contribution in [0.3, 0.4) is 0 Å². The standard InChI is InChI=1S/C15H23N3O7S/c1-5-25-15(22)13-8-12(9-17(13)4)26(23,24)18(10(2)14(20)21)7-6-16-11(3)19/h8-10H,5-7H2,1-4H3,(H,16,19)(H,20,21). The van der Waals surface area contributed by atoms with Gasteiger partial charge in [-0.05, 0) is 19.9 Å². The van der Waals surface area contributed by atoms with Gasteiger partial charge in [0.15, 0.2) is 0 Å². The number of aryl methyl sites for hydroxylation is 1. The number of carboxylic acids is 1. The van der Waals surface area contributed by atoms with Crippen molar-refractivity contribution >= 4 is 27.9 Å². The van der Waals surface area contributed by atoms with Crippen LogP contribution in [0.2, 0.25) is 0 Å². The number of aliphatic carboxylic acids is 1. The zero-order chi connectivity index (χ0) is 20.1. The highest BCUT2D eigenvalue weighted by Crippen LogP contribution is 2.21. The maximum Gasteiger partial charge on any atom is 0.354 e. The number of rotatable bonds is 9. The Balaban J connectivity index is 3.23. The minimum Gasteiger partial charge on any atom is -0.480 e. The molecule has 1 aromatic heterocycles. The molecule has 0 aliphatic heterocycles. The van der Waals surface area contributed by atoms with Crippen molar-refractivity contribution in [3.63, 3.8) is 0 Å². The van der Waals surface area contributed by atoms with Crippen LogP contribution in [0.5, 0.6) is 0 Å². The number of aromatic nitrogens is 1. The number of carbonyl (C=O) groups excluding carboxylic acids is 2. The van der Waals surface area contributed by atoms with Gasteiger partial charge >= 0.3 is 11.9 Å². The van der Waals surface area contributed by atoms with E-state index in [9.17, 15) is 27.9 Å². The Morgan fingerprint density at radius 3 is 2.50 bits per heavy atom. The van der Waals surface area contributed by atoms with Crippen molar-refractivity contribution in [3.8, 4) is 0 Å². The molecule has 146 valence electrons. The second kappa shape index (κ2) is 8.81. The number of amides is 1. The maximum absolute atomic E-state index is 12.9.